The zero-order valence-electron chi connectivity index (χ0n) is 10.8. The van der Waals surface area contributed by atoms with Crippen molar-refractivity contribution < 1.29 is 19.4 Å². The number of carbonyl (C=O) groups excluding carboxylic acids is 1. The van der Waals surface area contributed by atoms with Gasteiger partial charge in [0.05, 0.1) is 10.3 Å². The molecule has 0 bridgehead atoms. The van der Waals surface area contributed by atoms with Crippen LogP contribution in [0, 0.1) is 6.92 Å². The molecular weight excluding hydrogens is 346 g/mol. The molecule has 1 unspecified atom stereocenters. The second kappa shape index (κ2) is 6.49. The molecule has 0 aromatic heterocycles. The van der Waals surface area contributed by atoms with E-state index in [1.54, 1.807) is 6.07 Å². The van der Waals surface area contributed by atoms with Crippen molar-refractivity contribution in [1.29, 1.82) is 0 Å². The first-order valence-corrected chi connectivity index (χ1v) is 7.93. The number of nitrogens with zero attached hydrogens (tertiary/aromatic N) is 1. The van der Waals surface area contributed by atoms with Gasteiger partial charge < -0.3 is 14.7 Å². The number of aliphatic carboxylic acids is 1. The van der Waals surface area contributed by atoms with Crippen LogP contribution >= 0.6 is 27.7 Å². The fraction of sp³-hybridized carbons (Fsp3) is 0.385. The Morgan fingerprint density at radius 2 is 2.30 bits per heavy atom. The van der Waals surface area contributed by atoms with Crippen molar-refractivity contribution in [2.45, 2.75) is 13.0 Å². The van der Waals surface area contributed by atoms with Gasteiger partial charge in [-0.1, -0.05) is 6.07 Å². The molecule has 1 atom stereocenters. The second-order valence-corrected chi connectivity index (χ2v) is 6.29. The molecule has 0 aliphatic carbocycles. The van der Waals surface area contributed by atoms with E-state index in [4.69, 9.17) is 9.84 Å². The summed E-state index contributed by atoms with van der Waals surface area (Å²) in [4.78, 5) is 24.4. The first-order valence-electron chi connectivity index (χ1n) is 5.98. The topological polar surface area (TPSA) is 66.8 Å². The molecule has 1 amide bonds. The number of carbonyl (C=O) groups is 2. The van der Waals surface area contributed by atoms with Crippen molar-refractivity contribution >= 4 is 39.6 Å². The van der Waals surface area contributed by atoms with E-state index >= 15 is 0 Å². The molecule has 5 nitrogen and oxygen atoms in total. The molecule has 20 heavy (non-hydrogen) atoms. The minimum absolute atomic E-state index is 0.161. The fourth-order valence-electron chi connectivity index (χ4n) is 1.84. The molecule has 1 saturated heterocycles. The lowest BCUT2D eigenvalue weighted by molar-refractivity contribution is -0.148. The van der Waals surface area contributed by atoms with E-state index in [1.807, 2.05) is 19.1 Å². The molecule has 7 heteroatoms. The quantitative estimate of drug-likeness (QED) is 0.891. The number of carboxylic acid groups (broad SMARTS) is 1. The Bertz CT molecular complexity index is 537. The molecule has 1 aromatic carbocycles. The summed E-state index contributed by atoms with van der Waals surface area (Å²) in [7, 11) is 0. The van der Waals surface area contributed by atoms with Gasteiger partial charge in [-0.25, -0.2) is 4.79 Å². The van der Waals surface area contributed by atoms with Crippen molar-refractivity contribution in [3.8, 4) is 5.75 Å². The molecule has 1 N–H and O–H groups in total. The average molecular weight is 360 g/mol. The maximum Gasteiger partial charge on any atom is 0.327 e. The number of hydrogen-bond acceptors (Lipinski definition) is 4. The Labute approximate surface area is 129 Å². The molecule has 1 aliphatic heterocycles. The van der Waals surface area contributed by atoms with E-state index in [-0.39, 0.29) is 12.5 Å². The predicted octanol–water partition coefficient (Wildman–Crippen LogP) is 2.12. The Kier molecular flexibility index (Phi) is 4.93. The minimum atomic E-state index is -0.972. The Hall–Kier alpha value is -1.21. The van der Waals surface area contributed by atoms with E-state index in [0.29, 0.717) is 17.4 Å². The van der Waals surface area contributed by atoms with E-state index < -0.39 is 12.0 Å². The highest BCUT2D eigenvalue weighted by Gasteiger charge is 2.34. The van der Waals surface area contributed by atoms with Gasteiger partial charge in [-0.2, -0.15) is 0 Å². The van der Waals surface area contributed by atoms with Crippen LogP contribution in [-0.2, 0) is 9.59 Å². The fourth-order valence-corrected chi connectivity index (χ4v) is 3.62. The number of benzene rings is 1. The Morgan fingerprint density at radius 1 is 1.55 bits per heavy atom. The number of halogens is 1. The van der Waals surface area contributed by atoms with Crippen LogP contribution in [-0.4, -0.2) is 46.2 Å². The average Bonchev–Trinajstić information content (AvgIpc) is 2.86. The molecular formula is C13H14BrNO4S. The smallest absolute Gasteiger partial charge is 0.327 e. The zero-order chi connectivity index (χ0) is 14.7. The third kappa shape index (κ3) is 3.46. The molecule has 1 aromatic rings. The number of carboxylic acids is 1. The lowest BCUT2D eigenvalue weighted by Crippen LogP contribution is -2.43. The van der Waals surface area contributed by atoms with Crippen molar-refractivity contribution in [2.24, 2.45) is 0 Å². The van der Waals surface area contributed by atoms with Crippen LogP contribution in [0.5, 0.6) is 5.75 Å². The molecule has 1 heterocycles. The summed E-state index contributed by atoms with van der Waals surface area (Å²) < 4.78 is 6.23. The van der Waals surface area contributed by atoms with Gasteiger partial charge in [-0.05, 0) is 40.5 Å². The van der Waals surface area contributed by atoms with Gasteiger partial charge >= 0.3 is 5.97 Å². The van der Waals surface area contributed by atoms with Crippen LogP contribution in [0.15, 0.2) is 22.7 Å². The summed E-state index contributed by atoms with van der Waals surface area (Å²) in [6.45, 7) is 1.80. The first-order chi connectivity index (χ1) is 9.49. The lowest BCUT2D eigenvalue weighted by atomic mass is 10.2. The number of hydrogen-bond donors (Lipinski definition) is 1. The standard InChI is InChI=1S/C13H14BrNO4S/c1-8-2-3-11(9(14)4-8)19-5-12(16)15-7-20-6-10(15)13(17)18/h2-4,10H,5-7H2,1H3,(H,17,18). The molecule has 1 aliphatic rings. The van der Waals surface area contributed by atoms with Gasteiger partial charge in [0.2, 0.25) is 0 Å². The summed E-state index contributed by atoms with van der Waals surface area (Å²) in [6, 6.07) is 4.81. The van der Waals surface area contributed by atoms with Gasteiger partial charge in [0, 0.05) is 5.75 Å². The highest BCUT2D eigenvalue weighted by atomic mass is 79.9. The zero-order valence-corrected chi connectivity index (χ0v) is 13.2. The third-order valence-corrected chi connectivity index (χ3v) is 4.56. The van der Waals surface area contributed by atoms with Crippen LogP contribution < -0.4 is 4.74 Å². The Morgan fingerprint density at radius 3 is 2.95 bits per heavy atom. The highest BCUT2D eigenvalue weighted by Crippen LogP contribution is 2.26. The summed E-state index contributed by atoms with van der Waals surface area (Å²) in [6.07, 6.45) is 0. The lowest BCUT2D eigenvalue weighted by Gasteiger charge is -2.20. The van der Waals surface area contributed by atoms with Crippen molar-refractivity contribution in [1.82, 2.24) is 4.90 Å². The summed E-state index contributed by atoms with van der Waals surface area (Å²) in [5, 5.41) is 9.04. The normalized spacial score (nSPS) is 18.1. The molecule has 2 rings (SSSR count). The second-order valence-electron chi connectivity index (χ2n) is 4.44. The molecule has 0 spiro atoms. The minimum Gasteiger partial charge on any atom is -0.483 e. The molecule has 0 saturated carbocycles. The van der Waals surface area contributed by atoms with Gasteiger partial charge in [0.15, 0.2) is 6.61 Å². The third-order valence-electron chi connectivity index (χ3n) is 2.93. The predicted molar refractivity (Wildman–Crippen MR) is 80.0 cm³/mol. The van der Waals surface area contributed by atoms with Gasteiger partial charge in [-0.3, -0.25) is 4.79 Å². The summed E-state index contributed by atoms with van der Waals surface area (Å²) in [5.74, 6) is 0.112. The SMILES string of the molecule is Cc1ccc(OCC(=O)N2CSCC2C(=O)O)c(Br)c1. The van der Waals surface area contributed by atoms with Crippen LogP contribution in [0.1, 0.15) is 5.56 Å². The van der Waals surface area contributed by atoms with Crippen LogP contribution in [0.25, 0.3) is 0 Å². The van der Waals surface area contributed by atoms with E-state index in [0.717, 1.165) is 10.0 Å². The highest BCUT2D eigenvalue weighted by molar-refractivity contribution is 9.10. The van der Waals surface area contributed by atoms with E-state index in [1.165, 1.54) is 16.7 Å². The summed E-state index contributed by atoms with van der Waals surface area (Å²) >= 11 is 4.80. The van der Waals surface area contributed by atoms with Crippen LogP contribution in [0.3, 0.4) is 0 Å². The largest absolute Gasteiger partial charge is 0.483 e. The number of ether oxygens (including phenoxy) is 1. The van der Waals surface area contributed by atoms with Gasteiger partial charge in [0.25, 0.3) is 5.91 Å². The van der Waals surface area contributed by atoms with Crippen molar-refractivity contribution in [3.63, 3.8) is 0 Å². The number of rotatable bonds is 4. The van der Waals surface area contributed by atoms with Gasteiger partial charge in [-0.15, -0.1) is 11.8 Å². The maximum atomic E-state index is 12.0. The number of amides is 1. The maximum absolute atomic E-state index is 12.0. The van der Waals surface area contributed by atoms with Gasteiger partial charge in [0.1, 0.15) is 11.8 Å². The van der Waals surface area contributed by atoms with E-state index in [9.17, 15) is 9.59 Å². The van der Waals surface area contributed by atoms with Crippen molar-refractivity contribution in [3.05, 3.63) is 28.2 Å². The molecule has 108 valence electrons. The monoisotopic (exact) mass is 359 g/mol. The Balaban J connectivity index is 1.96. The van der Waals surface area contributed by atoms with Crippen molar-refractivity contribution in [2.75, 3.05) is 18.2 Å². The van der Waals surface area contributed by atoms with E-state index in [2.05, 4.69) is 15.9 Å². The molecule has 1 fully saturated rings. The van der Waals surface area contributed by atoms with Crippen LogP contribution in [0.4, 0.5) is 0 Å². The molecule has 0 radical (unpaired) electrons. The summed E-state index contributed by atoms with van der Waals surface area (Å²) in [5.41, 5.74) is 1.08. The number of thioether (sulfide) groups is 1. The number of aryl methyl sites for hydroxylation is 1. The van der Waals surface area contributed by atoms with Crippen LogP contribution in [0.2, 0.25) is 0 Å². The first kappa shape index (κ1) is 15.2.